The molecule has 2 atom stereocenters. The second kappa shape index (κ2) is 8.00. The number of H-pyrrole nitrogens is 1. The van der Waals surface area contributed by atoms with Crippen LogP contribution in [0.2, 0.25) is 0 Å². The fourth-order valence-corrected chi connectivity index (χ4v) is 3.47. The van der Waals surface area contributed by atoms with Gasteiger partial charge in [0.2, 0.25) is 5.91 Å². The van der Waals surface area contributed by atoms with E-state index in [4.69, 9.17) is 4.74 Å². The number of carbonyl (C=O) groups is 1. The SMILES string of the molecule is C[C@@H](Sc1n[nH]c(=O)n1C[C@@H]1CCCO1)C(=O)Nc1c(F)cccc1F. The van der Waals surface area contributed by atoms with E-state index in [1.54, 1.807) is 6.92 Å². The van der Waals surface area contributed by atoms with Gasteiger partial charge in [-0.05, 0) is 31.9 Å². The number of halogens is 2. The Morgan fingerprint density at radius 2 is 2.23 bits per heavy atom. The Bertz CT molecular complexity index is 828. The van der Waals surface area contributed by atoms with Crippen molar-refractivity contribution in [3.63, 3.8) is 0 Å². The van der Waals surface area contributed by atoms with Crippen LogP contribution in [-0.4, -0.2) is 38.6 Å². The number of anilines is 1. The zero-order chi connectivity index (χ0) is 18.7. The topological polar surface area (TPSA) is 89.0 Å². The lowest BCUT2D eigenvalue weighted by Gasteiger charge is -2.14. The normalized spacial score (nSPS) is 18.0. The Morgan fingerprint density at radius 1 is 1.50 bits per heavy atom. The molecule has 0 radical (unpaired) electrons. The molecule has 0 aliphatic carbocycles. The number of ether oxygens (including phenoxy) is 1. The van der Waals surface area contributed by atoms with Crippen molar-refractivity contribution < 1.29 is 18.3 Å². The molecule has 7 nitrogen and oxygen atoms in total. The molecule has 2 aromatic rings. The van der Waals surface area contributed by atoms with Crippen molar-refractivity contribution in [1.82, 2.24) is 14.8 Å². The van der Waals surface area contributed by atoms with Gasteiger partial charge < -0.3 is 10.1 Å². The second-order valence-corrected chi connectivity index (χ2v) is 7.21. The van der Waals surface area contributed by atoms with Crippen molar-refractivity contribution in [1.29, 1.82) is 0 Å². The Morgan fingerprint density at radius 3 is 2.88 bits per heavy atom. The van der Waals surface area contributed by atoms with Crippen LogP contribution in [0, 0.1) is 11.6 Å². The number of carbonyl (C=O) groups excluding carboxylic acids is 1. The van der Waals surface area contributed by atoms with Gasteiger partial charge in [-0.2, -0.15) is 0 Å². The standard InChI is InChI=1S/C16H18F2N4O3S/c1-9(14(23)19-13-11(17)5-2-6-12(13)18)26-16-21-20-15(24)22(16)8-10-4-3-7-25-10/h2,5-6,9-10H,3-4,7-8H2,1H3,(H,19,23)(H,20,24)/t9-,10+/m1/s1. The minimum atomic E-state index is -0.856. The number of rotatable bonds is 6. The van der Waals surface area contributed by atoms with Gasteiger partial charge in [0.25, 0.3) is 0 Å². The first-order valence-corrected chi connectivity index (χ1v) is 9.02. The van der Waals surface area contributed by atoms with Crippen LogP contribution in [0.1, 0.15) is 19.8 Å². The number of nitrogens with zero attached hydrogens (tertiary/aromatic N) is 2. The number of benzene rings is 1. The van der Waals surface area contributed by atoms with Gasteiger partial charge in [-0.3, -0.25) is 9.36 Å². The summed E-state index contributed by atoms with van der Waals surface area (Å²) in [4.78, 5) is 24.2. The molecule has 3 rings (SSSR count). The predicted octanol–water partition coefficient (Wildman–Crippen LogP) is 2.15. The lowest BCUT2D eigenvalue weighted by molar-refractivity contribution is -0.115. The Hall–Kier alpha value is -2.20. The highest BCUT2D eigenvalue weighted by Crippen LogP contribution is 2.24. The number of para-hydroxylation sites is 1. The molecule has 1 aromatic heterocycles. The lowest BCUT2D eigenvalue weighted by Crippen LogP contribution is -2.27. The minimum absolute atomic E-state index is 0.0682. The Labute approximate surface area is 152 Å². The smallest absolute Gasteiger partial charge is 0.344 e. The van der Waals surface area contributed by atoms with Crippen LogP contribution in [0.5, 0.6) is 0 Å². The highest BCUT2D eigenvalue weighted by atomic mass is 32.2. The number of amides is 1. The van der Waals surface area contributed by atoms with Gasteiger partial charge in [0.15, 0.2) is 5.16 Å². The molecule has 26 heavy (non-hydrogen) atoms. The van der Waals surface area contributed by atoms with Crippen LogP contribution in [-0.2, 0) is 16.1 Å². The van der Waals surface area contributed by atoms with E-state index in [-0.39, 0.29) is 6.10 Å². The minimum Gasteiger partial charge on any atom is -0.376 e. The molecule has 0 unspecified atom stereocenters. The van der Waals surface area contributed by atoms with Crippen molar-refractivity contribution in [2.45, 2.75) is 42.8 Å². The van der Waals surface area contributed by atoms with Crippen molar-refractivity contribution in [2.24, 2.45) is 0 Å². The highest BCUT2D eigenvalue weighted by Gasteiger charge is 2.24. The zero-order valence-corrected chi connectivity index (χ0v) is 14.8. The third-order valence-corrected chi connectivity index (χ3v) is 5.09. The van der Waals surface area contributed by atoms with E-state index < -0.39 is 34.2 Å². The highest BCUT2D eigenvalue weighted by molar-refractivity contribution is 8.00. The summed E-state index contributed by atoms with van der Waals surface area (Å²) in [5, 5.41) is 8.11. The molecule has 1 aliphatic rings. The monoisotopic (exact) mass is 384 g/mol. The van der Waals surface area contributed by atoms with Crippen LogP contribution in [0.4, 0.5) is 14.5 Å². The van der Waals surface area contributed by atoms with Crippen LogP contribution in [0.3, 0.4) is 0 Å². The van der Waals surface area contributed by atoms with Crippen molar-refractivity contribution in [2.75, 3.05) is 11.9 Å². The van der Waals surface area contributed by atoms with Gasteiger partial charge in [0.1, 0.15) is 17.3 Å². The van der Waals surface area contributed by atoms with Crippen LogP contribution >= 0.6 is 11.8 Å². The molecule has 0 bridgehead atoms. The average molecular weight is 384 g/mol. The zero-order valence-electron chi connectivity index (χ0n) is 14.0. The molecular weight excluding hydrogens is 366 g/mol. The molecule has 10 heteroatoms. The molecule has 1 saturated heterocycles. The number of aromatic nitrogens is 3. The summed E-state index contributed by atoms with van der Waals surface area (Å²) in [6.07, 6.45) is 1.72. The molecule has 1 aromatic carbocycles. The largest absolute Gasteiger partial charge is 0.376 e. The van der Waals surface area contributed by atoms with Crippen molar-refractivity contribution in [3.05, 3.63) is 40.3 Å². The average Bonchev–Trinajstić information content (AvgIpc) is 3.23. The van der Waals surface area contributed by atoms with Crippen LogP contribution < -0.4 is 11.0 Å². The third-order valence-electron chi connectivity index (χ3n) is 4.00. The van der Waals surface area contributed by atoms with E-state index in [0.717, 1.165) is 36.7 Å². The first-order chi connectivity index (χ1) is 12.5. The van der Waals surface area contributed by atoms with Crippen LogP contribution in [0.15, 0.2) is 28.2 Å². The first-order valence-electron chi connectivity index (χ1n) is 8.14. The molecule has 1 aliphatic heterocycles. The maximum Gasteiger partial charge on any atom is 0.344 e. The van der Waals surface area contributed by atoms with Crippen LogP contribution in [0.25, 0.3) is 0 Å². The quantitative estimate of drug-likeness (QED) is 0.745. The lowest BCUT2D eigenvalue weighted by atomic mass is 10.2. The van der Waals surface area contributed by atoms with Gasteiger partial charge in [0.05, 0.1) is 17.9 Å². The first kappa shape index (κ1) is 18.6. The maximum absolute atomic E-state index is 13.7. The van der Waals surface area contributed by atoms with Gasteiger partial charge in [-0.15, -0.1) is 5.10 Å². The van der Waals surface area contributed by atoms with Gasteiger partial charge in [0, 0.05) is 6.61 Å². The summed E-state index contributed by atoms with van der Waals surface area (Å²) in [5.74, 6) is -2.31. The summed E-state index contributed by atoms with van der Waals surface area (Å²) in [6.45, 7) is 2.56. The molecule has 1 fully saturated rings. The third kappa shape index (κ3) is 4.13. The second-order valence-electron chi connectivity index (χ2n) is 5.90. The molecule has 0 spiro atoms. The summed E-state index contributed by atoms with van der Waals surface area (Å²) in [7, 11) is 0. The number of aromatic amines is 1. The van der Waals surface area contributed by atoms with E-state index in [0.29, 0.717) is 18.3 Å². The van der Waals surface area contributed by atoms with E-state index in [2.05, 4.69) is 15.5 Å². The Balaban J connectivity index is 1.68. The summed E-state index contributed by atoms with van der Waals surface area (Å²) >= 11 is 1.02. The molecule has 1 amide bonds. The van der Waals surface area contributed by atoms with E-state index >= 15 is 0 Å². The number of nitrogens with one attached hydrogen (secondary N) is 2. The van der Waals surface area contributed by atoms with Gasteiger partial charge in [-0.1, -0.05) is 17.8 Å². The fraction of sp³-hybridized carbons (Fsp3) is 0.438. The summed E-state index contributed by atoms with van der Waals surface area (Å²) < 4.78 is 34.2. The molecular formula is C16H18F2N4O3S. The van der Waals surface area contributed by atoms with Gasteiger partial charge in [-0.25, -0.2) is 18.7 Å². The molecule has 140 valence electrons. The molecule has 2 heterocycles. The van der Waals surface area contributed by atoms with Crippen molar-refractivity contribution in [3.8, 4) is 0 Å². The maximum atomic E-state index is 13.7. The summed E-state index contributed by atoms with van der Waals surface area (Å²) in [5.41, 5.74) is -0.889. The predicted molar refractivity (Wildman–Crippen MR) is 92.1 cm³/mol. The van der Waals surface area contributed by atoms with E-state index in [9.17, 15) is 18.4 Å². The van der Waals surface area contributed by atoms with E-state index in [1.807, 2.05) is 0 Å². The fourth-order valence-electron chi connectivity index (χ4n) is 2.60. The van der Waals surface area contributed by atoms with Crippen molar-refractivity contribution >= 4 is 23.4 Å². The number of hydrogen-bond acceptors (Lipinski definition) is 5. The number of hydrogen-bond donors (Lipinski definition) is 2. The Kier molecular flexibility index (Phi) is 5.72. The summed E-state index contributed by atoms with van der Waals surface area (Å²) in [6, 6.07) is 3.33. The molecule has 0 saturated carbocycles. The number of thioether (sulfide) groups is 1. The van der Waals surface area contributed by atoms with E-state index in [1.165, 1.54) is 10.6 Å². The molecule has 2 N–H and O–H groups in total. The van der Waals surface area contributed by atoms with Gasteiger partial charge >= 0.3 is 5.69 Å².